The molecular formula is C25H27F6N5O2S. The minimum Gasteiger partial charge on any atom is -0.351 e. The first-order chi connectivity index (χ1) is 18.2. The van der Waals surface area contributed by atoms with Gasteiger partial charge in [-0.05, 0) is 49.9 Å². The van der Waals surface area contributed by atoms with Crippen LogP contribution < -0.4 is 10.2 Å². The third-order valence-electron chi connectivity index (χ3n) is 6.99. The lowest BCUT2D eigenvalue weighted by atomic mass is 9.94. The van der Waals surface area contributed by atoms with Gasteiger partial charge in [0.2, 0.25) is 5.91 Å². The van der Waals surface area contributed by atoms with E-state index in [1.54, 1.807) is 0 Å². The fourth-order valence-corrected chi connectivity index (χ4v) is 5.75. The molecule has 1 aliphatic heterocycles. The van der Waals surface area contributed by atoms with Gasteiger partial charge in [0.05, 0.1) is 5.69 Å². The van der Waals surface area contributed by atoms with Gasteiger partial charge >= 0.3 is 10.2 Å². The van der Waals surface area contributed by atoms with E-state index < -0.39 is 50.5 Å². The topological polar surface area (TPSA) is 89.3 Å². The molecule has 39 heavy (non-hydrogen) atoms. The van der Waals surface area contributed by atoms with Crippen molar-refractivity contribution in [3.63, 3.8) is 0 Å². The lowest BCUT2D eigenvalue weighted by Gasteiger charge is -2.41. The van der Waals surface area contributed by atoms with E-state index in [4.69, 9.17) is 0 Å². The van der Waals surface area contributed by atoms with Gasteiger partial charge in [0.1, 0.15) is 22.8 Å². The fourth-order valence-electron chi connectivity index (χ4n) is 5.09. The molecule has 0 radical (unpaired) electrons. The zero-order valence-electron chi connectivity index (χ0n) is 20.7. The number of pyridine rings is 1. The van der Waals surface area contributed by atoms with E-state index in [-0.39, 0.29) is 36.7 Å². The Morgan fingerprint density at radius 3 is 2.38 bits per heavy atom. The van der Waals surface area contributed by atoms with Gasteiger partial charge in [0.15, 0.2) is 6.19 Å². The minimum absolute atomic E-state index is 0.00367. The molecule has 1 aliphatic carbocycles. The van der Waals surface area contributed by atoms with Crippen molar-refractivity contribution in [1.29, 1.82) is 5.26 Å². The van der Waals surface area contributed by atoms with E-state index in [9.17, 15) is 34.3 Å². The standard InChI is InChI=1S/C25H27F6N5O2S/c26-20-14-19(39(27,28,29,30)31)10-11-21(20)36(25(38)22-9-5-13-35(22)16-32)23(17-6-4-12-33-15-17)24(37)34-18-7-2-1-3-8-18/h4,6,10-12,14-15,18,22-23H,1-3,5,7-9,13H2,(H,34,37)/t22-,23?/m1/s1. The van der Waals surface area contributed by atoms with Gasteiger partial charge in [0, 0.05) is 30.5 Å². The molecule has 2 fully saturated rings. The van der Waals surface area contributed by atoms with Crippen LogP contribution in [0.5, 0.6) is 0 Å². The van der Waals surface area contributed by atoms with E-state index >= 15 is 4.39 Å². The maximum absolute atomic E-state index is 15.4. The molecule has 0 spiro atoms. The second kappa shape index (κ2) is 9.93. The van der Waals surface area contributed by atoms with Crippen molar-refractivity contribution in [2.75, 3.05) is 11.4 Å². The van der Waals surface area contributed by atoms with Crippen molar-refractivity contribution in [3.8, 4) is 6.19 Å². The first-order valence-electron chi connectivity index (χ1n) is 12.4. The molecule has 2 heterocycles. The molecule has 2 aromatic rings. The van der Waals surface area contributed by atoms with Gasteiger partial charge in [-0.25, -0.2) is 4.39 Å². The number of aromatic nitrogens is 1. The van der Waals surface area contributed by atoms with E-state index in [2.05, 4.69) is 10.3 Å². The van der Waals surface area contributed by atoms with Gasteiger partial charge in [0.25, 0.3) is 5.91 Å². The van der Waals surface area contributed by atoms with Crippen LogP contribution in [0.4, 0.5) is 29.5 Å². The fraction of sp³-hybridized carbons (Fsp3) is 0.440. The molecule has 1 unspecified atom stereocenters. The molecule has 7 nitrogen and oxygen atoms in total. The first-order valence-corrected chi connectivity index (χ1v) is 14.4. The second-order valence-corrected chi connectivity index (χ2v) is 12.2. The highest BCUT2D eigenvalue weighted by atomic mass is 32.5. The Labute approximate surface area is 221 Å². The number of hydrogen-bond acceptors (Lipinski definition) is 5. The summed E-state index contributed by atoms with van der Waals surface area (Å²) in [6, 6.07) is -0.0298. The Bertz CT molecular complexity index is 1280. The average molecular weight is 576 g/mol. The number of carbonyl (C=O) groups is 2. The van der Waals surface area contributed by atoms with Crippen molar-refractivity contribution >= 4 is 27.7 Å². The summed E-state index contributed by atoms with van der Waals surface area (Å²) in [7, 11) is -10.2. The summed E-state index contributed by atoms with van der Waals surface area (Å²) >= 11 is 0. The molecule has 212 valence electrons. The van der Waals surface area contributed by atoms with E-state index in [1.807, 2.05) is 6.19 Å². The number of hydrogen-bond donors (Lipinski definition) is 1. The van der Waals surface area contributed by atoms with Crippen molar-refractivity contribution in [1.82, 2.24) is 15.2 Å². The van der Waals surface area contributed by atoms with Gasteiger partial charge in [-0.3, -0.25) is 24.4 Å². The molecule has 0 bridgehead atoms. The summed E-state index contributed by atoms with van der Waals surface area (Å²) < 4.78 is 82.4. The second-order valence-electron chi connectivity index (χ2n) is 9.77. The summed E-state index contributed by atoms with van der Waals surface area (Å²) in [4.78, 5) is 30.9. The number of nitriles is 1. The third kappa shape index (κ3) is 6.41. The highest BCUT2D eigenvalue weighted by molar-refractivity contribution is 8.45. The number of carbonyl (C=O) groups excluding carboxylic acids is 2. The van der Waals surface area contributed by atoms with E-state index in [1.165, 1.54) is 24.5 Å². The largest absolute Gasteiger partial charge is 0.351 e. The summed E-state index contributed by atoms with van der Waals surface area (Å²) in [6.45, 7) is 0.207. The number of amides is 2. The number of halogens is 6. The average Bonchev–Trinajstić information content (AvgIpc) is 3.36. The monoisotopic (exact) mass is 575 g/mol. The van der Waals surface area contributed by atoms with Crippen molar-refractivity contribution in [2.45, 2.75) is 68.0 Å². The number of nitrogens with one attached hydrogen (secondary N) is 1. The van der Waals surface area contributed by atoms with Crippen LogP contribution in [0.15, 0.2) is 47.6 Å². The Morgan fingerprint density at radius 1 is 1.08 bits per heavy atom. The Balaban J connectivity index is 1.85. The number of likely N-dealkylation sites (tertiary alicyclic amines) is 1. The van der Waals surface area contributed by atoms with Crippen molar-refractivity contribution in [3.05, 3.63) is 54.1 Å². The Morgan fingerprint density at radius 2 is 1.79 bits per heavy atom. The molecule has 14 heteroatoms. The van der Waals surface area contributed by atoms with Gasteiger partial charge < -0.3 is 5.32 Å². The molecule has 2 aliphatic rings. The zero-order valence-corrected chi connectivity index (χ0v) is 21.5. The molecule has 1 N–H and O–H groups in total. The predicted molar refractivity (Wildman–Crippen MR) is 133 cm³/mol. The zero-order chi connectivity index (χ0) is 28.5. The van der Waals surface area contributed by atoms with Crippen LogP contribution in [0.1, 0.15) is 56.6 Å². The van der Waals surface area contributed by atoms with Crippen LogP contribution in [-0.2, 0) is 9.59 Å². The minimum atomic E-state index is -10.2. The lowest BCUT2D eigenvalue weighted by molar-refractivity contribution is -0.128. The maximum Gasteiger partial charge on any atom is 0.310 e. The SMILES string of the molecule is N#CN1CCC[C@@H]1C(=O)N(c1ccc(S(F)(F)(F)(F)F)cc1F)C(C(=O)NC1CCCCC1)c1cccnc1. The van der Waals surface area contributed by atoms with Crippen LogP contribution in [0, 0.1) is 17.3 Å². The quantitative estimate of drug-likeness (QED) is 0.307. The van der Waals surface area contributed by atoms with Crippen LogP contribution >= 0.6 is 10.2 Å². The molecule has 1 aromatic heterocycles. The summed E-state index contributed by atoms with van der Waals surface area (Å²) in [5.41, 5.74) is -0.681. The number of rotatable bonds is 7. The van der Waals surface area contributed by atoms with Crippen molar-refractivity contribution < 1.29 is 33.4 Å². The molecule has 1 aromatic carbocycles. The number of anilines is 1. The summed E-state index contributed by atoms with van der Waals surface area (Å²) in [6.07, 6.45) is 9.13. The maximum atomic E-state index is 15.4. The summed E-state index contributed by atoms with van der Waals surface area (Å²) in [5, 5.41) is 12.3. The molecule has 1 saturated carbocycles. The van der Waals surface area contributed by atoms with Crippen molar-refractivity contribution in [2.24, 2.45) is 0 Å². The van der Waals surface area contributed by atoms with E-state index in [0.29, 0.717) is 30.2 Å². The van der Waals surface area contributed by atoms with Crippen LogP contribution in [0.3, 0.4) is 0 Å². The van der Waals surface area contributed by atoms with Crippen LogP contribution in [-0.4, -0.2) is 40.3 Å². The normalized spacial score (nSPS) is 20.8. The lowest BCUT2D eigenvalue weighted by Crippen LogP contribution is -2.52. The number of benzene rings is 1. The highest BCUT2D eigenvalue weighted by Crippen LogP contribution is 3.02. The van der Waals surface area contributed by atoms with Gasteiger partial charge in [-0.15, -0.1) is 0 Å². The Kier molecular flexibility index (Phi) is 7.26. The van der Waals surface area contributed by atoms with E-state index in [0.717, 1.165) is 24.2 Å². The first kappa shape index (κ1) is 28.5. The molecular weight excluding hydrogens is 548 g/mol. The molecule has 2 atom stereocenters. The van der Waals surface area contributed by atoms with Gasteiger partial charge in [-0.1, -0.05) is 44.8 Å². The van der Waals surface area contributed by atoms with Crippen LogP contribution in [0.2, 0.25) is 0 Å². The molecule has 4 rings (SSSR count). The molecule has 2 amide bonds. The Hall–Kier alpha value is -3.47. The third-order valence-corrected chi connectivity index (χ3v) is 8.13. The van der Waals surface area contributed by atoms with Crippen LogP contribution in [0.25, 0.3) is 0 Å². The summed E-state index contributed by atoms with van der Waals surface area (Å²) in [5.74, 6) is -3.43. The van der Waals surface area contributed by atoms with Gasteiger partial charge in [-0.2, -0.15) is 5.26 Å². The smallest absolute Gasteiger partial charge is 0.310 e. The molecule has 1 saturated heterocycles. The number of nitrogens with zero attached hydrogens (tertiary/aromatic N) is 4. The highest BCUT2D eigenvalue weighted by Gasteiger charge is 2.65. The predicted octanol–water partition coefficient (Wildman–Crippen LogP) is 6.35.